The molecule has 2 N–H and O–H groups in total. The number of aliphatic hydroxyl groups excluding tert-OH is 1. The van der Waals surface area contributed by atoms with Gasteiger partial charge in [-0.25, -0.2) is 0 Å². The van der Waals surface area contributed by atoms with Crippen molar-refractivity contribution in [3.63, 3.8) is 0 Å². The minimum atomic E-state index is 0.225. The Morgan fingerprint density at radius 1 is 1.44 bits per heavy atom. The van der Waals surface area contributed by atoms with E-state index in [4.69, 9.17) is 4.74 Å². The van der Waals surface area contributed by atoms with E-state index in [1.165, 1.54) is 12.8 Å². The lowest BCUT2D eigenvalue weighted by Crippen LogP contribution is -2.45. The Morgan fingerprint density at radius 2 is 2.12 bits per heavy atom. The summed E-state index contributed by atoms with van der Waals surface area (Å²) in [5.74, 6) is 0. The first-order valence-electron chi connectivity index (χ1n) is 6.08. The van der Waals surface area contributed by atoms with E-state index < -0.39 is 0 Å². The number of hydrogen-bond donors (Lipinski definition) is 2. The molecule has 0 aromatic carbocycles. The summed E-state index contributed by atoms with van der Waals surface area (Å²) in [5, 5.41) is 13.0. The summed E-state index contributed by atoms with van der Waals surface area (Å²) in [6.07, 6.45) is 5.61. The molecule has 0 aliphatic rings. The summed E-state index contributed by atoms with van der Waals surface area (Å²) >= 11 is 1.71. The van der Waals surface area contributed by atoms with Crippen LogP contribution < -0.4 is 5.32 Å². The van der Waals surface area contributed by atoms with Crippen LogP contribution in [0.25, 0.3) is 0 Å². The minimum Gasteiger partial charge on any atom is -0.395 e. The van der Waals surface area contributed by atoms with Crippen LogP contribution in [0.3, 0.4) is 0 Å². The number of methoxy groups -OCH3 is 1. The molecule has 0 heterocycles. The van der Waals surface area contributed by atoms with Gasteiger partial charge in [0, 0.05) is 24.4 Å². The first-order chi connectivity index (χ1) is 7.69. The molecule has 4 heteroatoms. The molecule has 0 rings (SSSR count). The number of thioether (sulfide) groups is 1. The van der Waals surface area contributed by atoms with Gasteiger partial charge in [0.25, 0.3) is 0 Å². The smallest absolute Gasteiger partial charge is 0.0615 e. The Balaban J connectivity index is 4.04. The van der Waals surface area contributed by atoms with Gasteiger partial charge in [0.15, 0.2) is 0 Å². The fraction of sp³-hybridized carbons (Fsp3) is 1.00. The second-order valence-corrected chi connectivity index (χ2v) is 5.28. The first kappa shape index (κ1) is 16.2. The molecular formula is C12H27NO2S. The maximum absolute atomic E-state index is 9.22. The van der Waals surface area contributed by atoms with Crippen LogP contribution in [0.5, 0.6) is 0 Å². The monoisotopic (exact) mass is 249 g/mol. The zero-order valence-electron chi connectivity index (χ0n) is 11.0. The quantitative estimate of drug-likeness (QED) is 0.620. The van der Waals surface area contributed by atoms with Gasteiger partial charge in [0.1, 0.15) is 0 Å². The second-order valence-electron chi connectivity index (χ2n) is 4.21. The van der Waals surface area contributed by atoms with Crippen molar-refractivity contribution in [1.82, 2.24) is 5.32 Å². The standard InChI is InChI=1S/C12H27NO2S/c1-5-6-7-11(9-15-3)13-10(2)12(8-14)16-4/h10-14H,5-9H2,1-4H3. The van der Waals surface area contributed by atoms with Gasteiger partial charge in [0.05, 0.1) is 13.2 Å². The third kappa shape index (κ3) is 6.74. The molecule has 3 nitrogen and oxygen atoms in total. The van der Waals surface area contributed by atoms with Gasteiger partial charge in [0.2, 0.25) is 0 Å². The zero-order valence-corrected chi connectivity index (χ0v) is 11.8. The molecule has 0 aliphatic carbocycles. The van der Waals surface area contributed by atoms with Crippen LogP contribution >= 0.6 is 11.8 Å². The number of nitrogens with one attached hydrogen (secondary N) is 1. The van der Waals surface area contributed by atoms with Crippen LogP contribution in [0.15, 0.2) is 0 Å². The van der Waals surface area contributed by atoms with E-state index in [1.807, 2.05) is 6.26 Å². The largest absolute Gasteiger partial charge is 0.395 e. The summed E-state index contributed by atoms with van der Waals surface area (Å²) < 4.78 is 5.22. The molecular weight excluding hydrogens is 222 g/mol. The fourth-order valence-electron chi connectivity index (χ4n) is 1.78. The maximum atomic E-state index is 9.22. The Kier molecular flexibility index (Phi) is 10.5. The van der Waals surface area contributed by atoms with Gasteiger partial charge < -0.3 is 15.2 Å². The molecule has 0 saturated carbocycles. The lowest BCUT2D eigenvalue weighted by atomic mass is 10.1. The van der Waals surface area contributed by atoms with Gasteiger partial charge in [-0.15, -0.1) is 0 Å². The number of unbranched alkanes of at least 4 members (excludes halogenated alkanes) is 1. The second kappa shape index (κ2) is 10.4. The molecule has 98 valence electrons. The SMILES string of the molecule is CCCCC(COC)NC(C)C(CO)SC. The predicted octanol–water partition coefficient (Wildman–Crippen LogP) is 1.89. The molecule has 0 aromatic rings. The first-order valence-corrected chi connectivity index (χ1v) is 7.36. The summed E-state index contributed by atoms with van der Waals surface area (Å²) in [7, 11) is 1.74. The number of rotatable bonds is 10. The molecule has 0 amide bonds. The van der Waals surface area contributed by atoms with Gasteiger partial charge in [-0.05, 0) is 19.6 Å². The normalized spacial score (nSPS) is 17.1. The van der Waals surface area contributed by atoms with Crippen LogP contribution in [0.2, 0.25) is 0 Å². The summed E-state index contributed by atoms with van der Waals surface area (Å²) in [4.78, 5) is 0. The van der Waals surface area contributed by atoms with E-state index in [1.54, 1.807) is 18.9 Å². The van der Waals surface area contributed by atoms with Crippen molar-refractivity contribution >= 4 is 11.8 Å². The van der Waals surface area contributed by atoms with Crippen LogP contribution in [-0.4, -0.2) is 49.0 Å². The molecule has 0 radical (unpaired) electrons. The lowest BCUT2D eigenvalue weighted by molar-refractivity contribution is 0.153. The average Bonchev–Trinajstić information content (AvgIpc) is 2.28. The highest BCUT2D eigenvalue weighted by Crippen LogP contribution is 2.12. The van der Waals surface area contributed by atoms with E-state index in [9.17, 15) is 5.11 Å². The van der Waals surface area contributed by atoms with Gasteiger partial charge in [-0.3, -0.25) is 0 Å². The van der Waals surface area contributed by atoms with Crippen LogP contribution in [0.1, 0.15) is 33.1 Å². The minimum absolute atomic E-state index is 0.225. The lowest BCUT2D eigenvalue weighted by Gasteiger charge is -2.27. The van der Waals surface area contributed by atoms with Crippen molar-refractivity contribution in [1.29, 1.82) is 0 Å². The van der Waals surface area contributed by atoms with Crippen LogP contribution in [-0.2, 0) is 4.74 Å². The van der Waals surface area contributed by atoms with E-state index >= 15 is 0 Å². The third-order valence-electron chi connectivity index (χ3n) is 2.81. The Labute approximate surface area is 104 Å². The van der Waals surface area contributed by atoms with Gasteiger partial charge in [-0.2, -0.15) is 11.8 Å². The molecule has 3 atom stereocenters. The highest BCUT2D eigenvalue weighted by Gasteiger charge is 2.18. The third-order valence-corrected chi connectivity index (χ3v) is 3.98. The molecule has 3 unspecified atom stereocenters. The van der Waals surface area contributed by atoms with Crippen LogP contribution in [0.4, 0.5) is 0 Å². The molecule has 0 bridgehead atoms. The topological polar surface area (TPSA) is 41.5 Å². The van der Waals surface area contributed by atoms with Gasteiger partial charge in [-0.1, -0.05) is 19.8 Å². The number of ether oxygens (including phenoxy) is 1. The average molecular weight is 249 g/mol. The van der Waals surface area contributed by atoms with E-state index in [-0.39, 0.29) is 11.9 Å². The molecule has 0 aliphatic heterocycles. The van der Waals surface area contributed by atoms with Crippen molar-refractivity contribution in [2.75, 3.05) is 26.6 Å². The summed E-state index contributed by atoms with van der Waals surface area (Å²) in [6, 6.07) is 0.721. The van der Waals surface area contributed by atoms with Crippen molar-refractivity contribution < 1.29 is 9.84 Å². The molecule has 0 saturated heterocycles. The van der Waals surface area contributed by atoms with E-state index in [0.29, 0.717) is 12.1 Å². The van der Waals surface area contributed by atoms with Crippen LogP contribution in [0, 0.1) is 0 Å². The highest BCUT2D eigenvalue weighted by atomic mass is 32.2. The van der Waals surface area contributed by atoms with Crippen molar-refractivity contribution in [3.05, 3.63) is 0 Å². The molecule has 0 spiro atoms. The van der Waals surface area contributed by atoms with Crippen molar-refractivity contribution in [2.45, 2.75) is 50.4 Å². The van der Waals surface area contributed by atoms with E-state index in [0.717, 1.165) is 13.0 Å². The number of hydrogen-bond acceptors (Lipinski definition) is 4. The number of aliphatic hydroxyl groups is 1. The van der Waals surface area contributed by atoms with E-state index in [2.05, 4.69) is 19.2 Å². The highest BCUT2D eigenvalue weighted by molar-refractivity contribution is 7.99. The van der Waals surface area contributed by atoms with Gasteiger partial charge >= 0.3 is 0 Å². The summed E-state index contributed by atoms with van der Waals surface area (Å²) in [6.45, 7) is 5.30. The van der Waals surface area contributed by atoms with Crippen molar-refractivity contribution in [2.24, 2.45) is 0 Å². The molecule has 0 aromatic heterocycles. The fourth-order valence-corrected chi connectivity index (χ4v) is 2.42. The summed E-state index contributed by atoms with van der Waals surface area (Å²) in [5.41, 5.74) is 0. The Bertz CT molecular complexity index is 154. The Hall–Kier alpha value is 0.230. The van der Waals surface area contributed by atoms with Crippen molar-refractivity contribution in [3.8, 4) is 0 Å². The predicted molar refractivity (Wildman–Crippen MR) is 72.2 cm³/mol. The molecule has 16 heavy (non-hydrogen) atoms. The molecule has 0 fully saturated rings. The Morgan fingerprint density at radius 3 is 2.56 bits per heavy atom. The zero-order chi connectivity index (χ0) is 12.4. The maximum Gasteiger partial charge on any atom is 0.0615 e.